The summed E-state index contributed by atoms with van der Waals surface area (Å²) in [6.07, 6.45) is 3.21. The van der Waals surface area contributed by atoms with Gasteiger partial charge in [0, 0.05) is 13.2 Å². The Hall–Kier alpha value is -2.89. The molecule has 2 rings (SSSR count). The first-order valence-electron chi connectivity index (χ1n) is 6.27. The van der Waals surface area contributed by atoms with Gasteiger partial charge in [-0.2, -0.15) is 0 Å². The van der Waals surface area contributed by atoms with E-state index < -0.39 is 12.0 Å². The molecule has 0 radical (unpaired) electrons. The zero-order valence-electron chi connectivity index (χ0n) is 11.7. The number of urea groups is 1. The Balaban J connectivity index is 2.22. The summed E-state index contributed by atoms with van der Waals surface area (Å²) in [4.78, 5) is 28.6. The minimum atomic E-state index is -1.08. The van der Waals surface area contributed by atoms with Crippen molar-refractivity contribution in [2.45, 2.75) is 6.92 Å². The number of carbonyl (C=O) groups is 2. The summed E-state index contributed by atoms with van der Waals surface area (Å²) in [5.41, 5.74) is 1.86. The number of carboxylic acid groups (broad SMARTS) is 1. The Kier molecular flexibility index (Phi) is 4.18. The molecule has 108 valence electrons. The van der Waals surface area contributed by atoms with Gasteiger partial charge in [-0.1, -0.05) is 12.1 Å². The highest BCUT2D eigenvalue weighted by molar-refractivity contribution is 6.05. The number of benzene rings is 1. The highest BCUT2D eigenvalue weighted by Gasteiger charge is 2.17. The second kappa shape index (κ2) is 6.04. The van der Waals surface area contributed by atoms with Crippen molar-refractivity contribution in [2.24, 2.45) is 0 Å². The SMILES string of the molecule is Cc1cncc(NC(=O)N(C)c2ccccc2C(=O)O)c1. The molecule has 21 heavy (non-hydrogen) atoms. The molecule has 1 aromatic heterocycles. The second-order valence-electron chi connectivity index (χ2n) is 4.56. The van der Waals surface area contributed by atoms with E-state index in [0.717, 1.165) is 5.56 Å². The van der Waals surface area contributed by atoms with Crippen LogP contribution in [0, 0.1) is 6.92 Å². The Morgan fingerprint density at radius 1 is 1.24 bits per heavy atom. The van der Waals surface area contributed by atoms with E-state index in [9.17, 15) is 9.59 Å². The van der Waals surface area contributed by atoms with E-state index in [-0.39, 0.29) is 5.56 Å². The number of anilines is 2. The fraction of sp³-hybridized carbons (Fsp3) is 0.133. The average molecular weight is 285 g/mol. The standard InChI is InChI=1S/C15H15N3O3/c1-10-7-11(9-16-8-10)17-15(21)18(2)13-6-4-3-5-12(13)14(19)20/h3-9H,1-2H3,(H,17,21)(H,19,20). The van der Waals surface area contributed by atoms with Crippen LogP contribution < -0.4 is 10.2 Å². The van der Waals surface area contributed by atoms with Gasteiger partial charge in [0.25, 0.3) is 0 Å². The summed E-state index contributed by atoms with van der Waals surface area (Å²) in [6.45, 7) is 1.87. The molecule has 0 aliphatic rings. The van der Waals surface area contributed by atoms with E-state index in [1.54, 1.807) is 30.5 Å². The number of hydrogen-bond donors (Lipinski definition) is 2. The van der Waals surface area contributed by atoms with Gasteiger partial charge in [0.1, 0.15) is 0 Å². The molecule has 2 N–H and O–H groups in total. The Morgan fingerprint density at radius 2 is 1.95 bits per heavy atom. The molecule has 1 aromatic carbocycles. The lowest BCUT2D eigenvalue weighted by molar-refractivity contribution is 0.0697. The van der Waals surface area contributed by atoms with E-state index in [2.05, 4.69) is 10.3 Å². The Morgan fingerprint density at radius 3 is 2.62 bits per heavy atom. The number of para-hydroxylation sites is 1. The molecular weight excluding hydrogens is 270 g/mol. The number of carboxylic acids is 1. The number of nitrogens with one attached hydrogen (secondary N) is 1. The van der Waals surface area contributed by atoms with Crippen LogP contribution in [0.25, 0.3) is 0 Å². The zero-order valence-corrected chi connectivity index (χ0v) is 11.7. The summed E-state index contributed by atoms with van der Waals surface area (Å²) in [6, 6.07) is 7.67. The first-order chi connectivity index (χ1) is 9.99. The third-order valence-electron chi connectivity index (χ3n) is 2.93. The first-order valence-corrected chi connectivity index (χ1v) is 6.27. The molecule has 1 heterocycles. The molecule has 0 saturated carbocycles. The van der Waals surface area contributed by atoms with Gasteiger partial charge in [-0.25, -0.2) is 9.59 Å². The first kappa shape index (κ1) is 14.5. The maximum atomic E-state index is 12.2. The number of pyridine rings is 1. The molecule has 0 fully saturated rings. The maximum Gasteiger partial charge on any atom is 0.337 e. The fourth-order valence-corrected chi connectivity index (χ4v) is 1.89. The number of amides is 2. The van der Waals surface area contributed by atoms with E-state index >= 15 is 0 Å². The van der Waals surface area contributed by atoms with Crippen LogP contribution in [0.3, 0.4) is 0 Å². The molecule has 2 aromatic rings. The lowest BCUT2D eigenvalue weighted by Gasteiger charge is -2.19. The second-order valence-corrected chi connectivity index (χ2v) is 4.56. The van der Waals surface area contributed by atoms with Gasteiger partial charge in [-0.15, -0.1) is 0 Å². The zero-order chi connectivity index (χ0) is 15.4. The summed E-state index contributed by atoms with van der Waals surface area (Å²) in [7, 11) is 1.51. The third kappa shape index (κ3) is 3.36. The van der Waals surface area contributed by atoms with Crippen molar-refractivity contribution in [3.63, 3.8) is 0 Å². The molecule has 0 spiro atoms. The minimum Gasteiger partial charge on any atom is -0.478 e. The van der Waals surface area contributed by atoms with E-state index in [1.165, 1.54) is 24.2 Å². The van der Waals surface area contributed by atoms with Crippen LogP contribution in [0.1, 0.15) is 15.9 Å². The Labute approximate surface area is 122 Å². The van der Waals surface area contributed by atoms with Crippen molar-refractivity contribution in [2.75, 3.05) is 17.3 Å². The highest BCUT2D eigenvalue weighted by atomic mass is 16.4. The van der Waals surface area contributed by atoms with Crippen molar-refractivity contribution in [3.8, 4) is 0 Å². The average Bonchev–Trinajstić information content (AvgIpc) is 2.46. The number of hydrogen-bond acceptors (Lipinski definition) is 3. The van der Waals surface area contributed by atoms with Crippen LogP contribution in [-0.4, -0.2) is 29.1 Å². The lowest BCUT2D eigenvalue weighted by atomic mass is 10.1. The number of carbonyl (C=O) groups excluding carboxylic acids is 1. The van der Waals surface area contributed by atoms with E-state index in [1.807, 2.05) is 6.92 Å². The van der Waals surface area contributed by atoms with Gasteiger partial charge in [0.2, 0.25) is 0 Å². The number of aryl methyl sites for hydroxylation is 1. The monoisotopic (exact) mass is 285 g/mol. The molecule has 0 atom stereocenters. The largest absolute Gasteiger partial charge is 0.478 e. The van der Waals surface area contributed by atoms with E-state index in [0.29, 0.717) is 11.4 Å². The van der Waals surface area contributed by atoms with Crippen molar-refractivity contribution in [1.82, 2.24) is 4.98 Å². The number of aromatic carboxylic acids is 1. The van der Waals surface area contributed by atoms with Crippen LogP contribution in [0.5, 0.6) is 0 Å². The lowest BCUT2D eigenvalue weighted by Crippen LogP contribution is -2.32. The number of nitrogens with zero attached hydrogens (tertiary/aromatic N) is 2. The third-order valence-corrected chi connectivity index (χ3v) is 2.93. The van der Waals surface area contributed by atoms with Gasteiger partial charge >= 0.3 is 12.0 Å². The predicted octanol–water partition coefficient (Wildman–Crippen LogP) is 2.76. The molecule has 0 aliphatic heterocycles. The van der Waals surface area contributed by atoms with Crippen molar-refractivity contribution in [3.05, 3.63) is 53.9 Å². The van der Waals surface area contributed by atoms with Gasteiger partial charge in [0.05, 0.1) is 23.1 Å². The molecule has 6 nitrogen and oxygen atoms in total. The van der Waals surface area contributed by atoms with Crippen LogP contribution >= 0.6 is 0 Å². The number of rotatable bonds is 3. The van der Waals surface area contributed by atoms with Crippen molar-refractivity contribution in [1.29, 1.82) is 0 Å². The minimum absolute atomic E-state index is 0.0671. The van der Waals surface area contributed by atoms with Crippen LogP contribution in [0.15, 0.2) is 42.7 Å². The normalized spacial score (nSPS) is 10.0. The van der Waals surface area contributed by atoms with Crippen molar-refractivity contribution >= 4 is 23.4 Å². The fourth-order valence-electron chi connectivity index (χ4n) is 1.89. The summed E-state index contributed by atoms with van der Waals surface area (Å²) in [5, 5.41) is 11.8. The van der Waals surface area contributed by atoms with Crippen LogP contribution in [0.2, 0.25) is 0 Å². The topological polar surface area (TPSA) is 82.5 Å². The number of aromatic nitrogens is 1. The summed E-state index contributed by atoms with van der Waals surface area (Å²) >= 11 is 0. The molecular formula is C15H15N3O3. The van der Waals surface area contributed by atoms with E-state index in [4.69, 9.17) is 5.11 Å². The predicted molar refractivity (Wildman–Crippen MR) is 79.8 cm³/mol. The van der Waals surface area contributed by atoms with Gasteiger partial charge in [-0.3, -0.25) is 9.88 Å². The molecule has 2 amide bonds. The highest BCUT2D eigenvalue weighted by Crippen LogP contribution is 2.20. The maximum absolute atomic E-state index is 12.2. The molecule has 0 saturated heterocycles. The smallest absolute Gasteiger partial charge is 0.337 e. The summed E-state index contributed by atoms with van der Waals surface area (Å²) in [5.74, 6) is -1.08. The summed E-state index contributed by atoms with van der Waals surface area (Å²) < 4.78 is 0. The molecule has 0 unspecified atom stereocenters. The molecule has 0 aliphatic carbocycles. The van der Waals surface area contributed by atoms with Gasteiger partial charge < -0.3 is 10.4 Å². The van der Waals surface area contributed by atoms with Crippen LogP contribution in [0.4, 0.5) is 16.2 Å². The van der Waals surface area contributed by atoms with Crippen LogP contribution in [-0.2, 0) is 0 Å². The van der Waals surface area contributed by atoms with Gasteiger partial charge in [0.15, 0.2) is 0 Å². The van der Waals surface area contributed by atoms with Crippen molar-refractivity contribution < 1.29 is 14.7 Å². The molecule has 0 bridgehead atoms. The van der Waals surface area contributed by atoms with Gasteiger partial charge in [-0.05, 0) is 30.7 Å². The Bertz CT molecular complexity index is 685. The quantitative estimate of drug-likeness (QED) is 0.908. The molecule has 6 heteroatoms.